The number of rotatable bonds is 5. The maximum Gasteiger partial charge on any atom is 0.161 e. The van der Waals surface area contributed by atoms with Crippen LogP contribution in [0.15, 0.2) is 54.6 Å². The van der Waals surface area contributed by atoms with E-state index in [-0.39, 0.29) is 6.04 Å². The second-order valence-corrected chi connectivity index (χ2v) is 8.60. The Bertz CT molecular complexity index is 1060. The molecular weight excluding hydrogens is 394 g/mol. The molecule has 1 heterocycles. The summed E-state index contributed by atoms with van der Waals surface area (Å²) in [6.07, 6.45) is 1.01. The lowest BCUT2D eigenvalue weighted by Gasteiger charge is -2.35. The average Bonchev–Trinajstić information content (AvgIpc) is 2.75. The minimum Gasteiger partial charge on any atom is -0.493 e. The molecule has 1 unspecified atom stereocenters. The predicted molar refractivity (Wildman–Crippen MR) is 122 cm³/mol. The summed E-state index contributed by atoms with van der Waals surface area (Å²) < 4.78 is 11.2. The van der Waals surface area contributed by atoms with E-state index >= 15 is 0 Å². The number of halogens is 1. The molecule has 4 rings (SSSR count). The molecule has 0 aromatic heterocycles. The number of aryl methyl sites for hydroxylation is 2. The van der Waals surface area contributed by atoms with E-state index in [0.29, 0.717) is 0 Å². The van der Waals surface area contributed by atoms with Crippen LogP contribution in [0.3, 0.4) is 0 Å². The Labute approximate surface area is 184 Å². The summed E-state index contributed by atoms with van der Waals surface area (Å²) in [5.74, 6) is 1.57. The maximum absolute atomic E-state index is 6.40. The van der Waals surface area contributed by atoms with E-state index in [1.165, 1.54) is 38.3 Å². The van der Waals surface area contributed by atoms with Crippen LogP contribution in [0.4, 0.5) is 0 Å². The molecule has 0 radical (unpaired) electrons. The topological polar surface area (TPSA) is 22.9 Å². The zero-order valence-electron chi connectivity index (χ0n) is 18.1. The van der Waals surface area contributed by atoms with Crippen LogP contribution < -0.4 is 14.4 Å². The lowest BCUT2D eigenvalue weighted by molar-refractivity contribution is -0.941. The number of hydrogen-bond donors (Lipinski definition) is 1. The van der Waals surface area contributed by atoms with Crippen molar-refractivity contribution in [1.82, 2.24) is 0 Å². The first-order chi connectivity index (χ1) is 14.5. The quantitative estimate of drug-likeness (QED) is 0.643. The van der Waals surface area contributed by atoms with Gasteiger partial charge in [0.05, 0.1) is 20.8 Å². The Kier molecular flexibility index (Phi) is 6.03. The van der Waals surface area contributed by atoms with Crippen LogP contribution in [0.5, 0.6) is 11.5 Å². The molecule has 30 heavy (non-hydrogen) atoms. The summed E-state index contributed by atoms with van der Waals surface area (Å²) >= 11 is 6.40. The number of ether oxygens (including phenoxy) is 2. The molecule has 0 aliphatic carbocycles. The fraction of sp³-hybridized carbons (Fsp3) is 0.308. The first kappa shape index (κ1) is 20.8. The molecule has 3 aromatic carbocycles. The monoisotopic (exact) mass is 422 g/mol. The van der Waals surface area contributed by atoms with Crippen LogP contribution in [-0.4, -0.2) is 20.8 Å². The summed E-state index contributed by atoms with van der Waals surface area (Å²) in [5.41, 5.74) is 7.90. The molecule has 0 saturated carbocycles. The third-order valence-electron chi connectivity index (χ3n) is 6.18. The highest BCUT2D eigenvalue weighted by Gasteiger charge is 2.34. The van der Waals surface area contributed by atoms with Crippen LogP contribution in [-0.2, 0) is 13.0 Å². The van der Waals surface area contributed by atoms with E-state index in [0.717, 1.165) is 36.0 Å². The molecule has 156 valence electrons. The Morgan fingerprint density at radius 1 is 0.967 bits per heavy atom. The SMILES string of the molecule is COc1cc2c(cc1OC)[C@@H](c1cccc(Cl)c1)[NH+](Cc1cc(C)ccc1C)CC2. The van der Waals surface area contributed by atoms with Gasteiger partial charge in [0, 0.05) is 28.1 Å². The summed E-state index contributed by atoms with van der Waals surface area (Å²) in [5, 5.41) is 0.770. The van der Waals surface area contributed by atoms with Gasteiger partial charge in [-0.3, -0.25) is 0 Å². The van der Waals surface area contributed by atoms with Crippen molar-refractivity contribution in [3.05, 3.63) is 93.0 Å². The number of methoxy groups -OCH3 is 2. The minimum absolute atomic E-state index is 0.187. The number of hydrogen-bond acceptors (Lipinski definition) is 2. The van der Waals surface area contributed by atoms with E-state index in [4.69, 9.17) is 21.1 Å². The molecule has 3 nitrogen and oxygen atoms in total. The smallest absolute Gasteiger partial charge is 0.161 e. The van der Waals surface area contributed by atoms with E-state index in [1.807, 2.05) is 12.1 Å². The predicted octanol–water partition coefficient (Wildman–Crippen LogP) is 4.70. The lowest BCUT2D eigenvalue weighted by Crippen LogP contribution is -3.12. The average molecular weight is 423 g/mol. The molecule has 4 heteroatoms. The van der Waals surface area contributed by atoms with Crippen molar-refractivity contribution >= 4 is 11.6 Å². The van der Waals surface area contributed by atoms with Crippen molar-refractivity contribution in [2.75, 3.05) is 20.8 Å². The Balaban J connectivity index is 1.82. The Morgan fingerprint density at radius 2 is 1.73 bits per heavy atom. The van der Waals surface area contributed by atoms with E-state index in [2.05, 4.69) is 56.3 Å². The van der Waals surface area contributed by atoms with Crippen molar-refractivity contribution in [1.29, 1.82) is 0 Å². The van der Waals surface area contributed by atoms with E-state index < -0.39 is 0 Å². The third-order valence-corrected chi connectivity index (χ3v) is 6.42. The molecule has 0 spiro atoms. The van der Waals surface area contributed by atoms with Gasteiger partial charge in [0.2, 0.25) is 0 Å². The van der Waals surface area contributed by atoms with Crippen LogP contribution in [0, 0.1) is 13.8 Å². The molecule has 0 bridgehead atoms. The standard InChI is InChI=1S/C26H28ClNO2/c1-17-8-9-18(2)21(12-17)16-28-11-10-19-14-24(29-3)25(30-4)15-23(19)26(28)20-6-5-7-22(27)13-20/h5-9,12-15,26H,10-11,16H2,1-4H3/p+1/t26-/m1/s1. The number of quaternary nitrogens is 1. The maximum atomic E-state index is 6.40. The number of benzene rings is 3. The summed E-state index contributed by atoms with van der Waals surface area (Å²) in [4.78, 5) is 1.52. The summed E-state index contributed by atoms with van der Waals surface area (Å²) in [6.45, 7) is 6.38. The molecule has 2 atom stereocenters. The van der Waals surface area contributed by atoms with E-state index in [9.17, 15) is 0 Å². The first-order valence-corrected chi connectivity index (χ1v) is 10.8. The number of nitrogens with one attached hydrogen (secondary N) is 1. The van der Waals surface area contributed by atoms with Crippen LogP contribution in [0.1, 0.15) is 39.4 Å². The first-order valence-electron chi connectivity index (χ1n) is 10.4. The highest BCUT2D eigenvalue weighted by molar-refractivity contribution is 6.30. The Hall–Kier alpha value is -2.49. The fourth-order valence-electron chi connectivity index (χ4n) is 4.61. The second-order valence-electron chi connectivity index (χ2n) is 8.16. The van der Waals surface area contributed by atoms with Crippen molar-refractivity contribution in [2.45, 2.75) is 32.9 Å². The molecule has 1 N–H and O–H groups in total. The van der Waals surface area contributed by atoms with Gasteiger partial charge in [-0.2, -0.15) is 0 Å². The molecule has 0 fully saturated rings. The molecular formula is C26H29ClNO2+. The van der Waals surface area contributed by atoms with Crippen molar-refractivity contribution in [2.24, 2.45) is 0 Å². The zero-order chi connectivity index (χ0) is 21.3. The fourth-order valence-corrected chi connectivity index (χ4v) is 4.81. The van der Waals surface area contributed by atoms with Gasteiger partial charge in [0.25, 0.3) is 0 Å². The van der Waals surface area contributed by atoms with Gasteiger partial charge < -0.3 is 14.4 Å². The third kappa shape index (κ3) is 4.05. The van der Waals surface area contributed by atoms with Gasteiger partial charge in [-0.15, -0.1) is 0 Å². The van der Waals surface area contributed by atoms with Gasteiger partial charge in [0.15, 0.2) is 11.5 Å². The van der Waals surface area contributed by atoms with Gasteiger partial charge in [-0.05, 0) is 49.2 Å². The van der Waals surface area contributed by atoms with Gasteiger partial charge in [-0.25, -0.2) is 0 Å². The van der Waals surface area contributed by atoms with Gasteiger partial charge in [-0.1, -0.05) is 47.5 Å². The van der Waals surface area contributed by atoms with Crippen molar-refractivity contribution < 1.29 is 14.4 Å². The molecule has 3 aromatic rings. The van der Waals surface area contributed by atoms with Gasteiger partial charge in [0.1, 0.15) is 12.6 Å². The zero-order valence-corrected chi connectivity index (χ0v) is 18.8. The Morgan fingerprint density at radius 3 is 2.47 bits per heavy atom. The second kappa shape index (κ2) is 8.71. The minimum atomic E-state index is 0.187. The summed E-state index contributed by atoms with van der Waals surface area (Å²) in [6, 6.07) is 19.5. The molecule has 0 amide bonds. The summed E-state index contributed by atoms with van der Waals surface area (Å²) in [7, 11) is 3.39. The van der Waals surface area contributed by atoms with Crippen molar-refractivity contribution in [3.8, 4) is 11.5 Å². The van der Waals surface area contributed by atoms with Crippen LogP contribution >= 0.6 is 11.6 Å². The van der Waals surface area contributed by atoms with Crippen LogP contribution in [0.25, 0.3) is 0 Å². The molecule has 1 aliphatic rings. The molecule has 0 saturated heterocycles. The molecule has 1 aliphatic heterocycles. The highest BCUT2D eigenvalue weighted by Crippen LogP contribution is 2.36. The van der Waals surface area contributed by atoms with Gasteiger partial charge >= 0.3 is 0 Å². The van der Waals surface area contributed by atoms with Crippen molar-refractivity contribution in [3.63, 3.8) is 0 Å². The van der Waals surface area contributed by atoms with E-state index in [1.54, 1.807) is 14.2 Å². The van der Waals surface area contributed by atoms with Crippen LogP contribution in [0.2, 0.25) is 5.02 Å². The highest BCUT2D eigenvalue weighted by atomic mass is 35.5. The lowest BCUT2D eigenvalue weighted by atomic mass is 9.87. The number of fused-ring (bicyclic) bond motifs is 1. The normalized spacial score (nSPS) is 18.0. The largest absolute Gasteiger partial charge is 0.493 e.